The molecule has 0 amide bonds. The number of aryl methyl sites for hydroxylation is 4. The van der Waals surface area contributed by atoms with E-state index in [-0.39, 0.29) is 10.8 Å². The first-order valence-corrected chi connectivity index (χ1v) is 12.9. The minimum Gasteiger partial charge on any atom is -0.455 e. The first kappa shape index (κ1) is 22.3. The van der Waals surface area contributed by atoms with E-state index in [9.17, 15) is 0 Å². The average molecular weight is 463 g/mol. The Morgan fingerprint density at radius 2 is 1.49 bits per heavy atom. The molecule has 0 saturated heterocycles. The van der Waals surface area contributed by atoms with Crippen molar-refractivity contribution < 1.29 is 8.98 Å². The molecule has 2 heteroatoms. The van der Waals surface area contributed by atoms with Crippen LogP contribution in [0, 0.1) is 20.8 Å². The monoisotopic (exact) mass is 462 g/mol. The maximum absolute atomic E-state index is 6.75. The Balaban J connectivity index is 1.70. The fourth-order valence-corrected chi connectivity index (χ4v) is 6.38. The summed E-state index contributed by atoms with van der Waals surface area (Å²) in [6.45, 7) is 16.1. The quantitative estimate of drug-likeness (QED) is 0.228. The minimum absolute atomic E-state index is 0.152. The van der Waals surface area contributed by atoms with Gasteiger partial charge in [0.05, 0.1) is 5.56 Å². The molecule has 0 spiro atoms. The van der Waals surface area contributed by atoms with E-state index < -0.39 is 0 Å². The Morgan fingerprint density at radius 1 is 0.743 bits per heavy atom. The van der Waals surface area contributed by atoms with E-state index in [0.29, 0.717) is 0 Å². The lowest BCUT2D eigenvalue weighted by Gasteiger charge is -2.42. The lowest BCUT2D eigenvalue weighted by atomic mass is 9.62. The number of pyridine rings is 1. The second-order valence-electron chi connectivity index (χ2n) is 12.2. The Hall–Kier alpha value is -3.13. The predicted octanol–water partition coefficient (Wildman–Crippen LogP) is 8.50. The van der Waals surface area contributed by atoms with Gasteiger partial charge in [-0.05, 0) is 89.6 Å². The third-order valence-electron chi connectivity index (χ3n) is 8.77. The molecular weight excluding hydrogens is 426 g/mol. The largest absolute Gasteiger partial charge is 0.455 e. The van der Waals surface area contributed by atoms with Crippen molar-refractivity contribution >= 4 is 32.7 Å². The maximum Gasteiger partial charge on any atom is 0.216 e. The summed E-state index contributed by atoms with van der Waals surface area (Å²) >= 11 is 0. The normalized spacial score (nSPS) is 16.8. The van der Waals surface area contributed by atoms with Gasteiger partial charge in [-0.1, -0.05) is 52.0 Å². The van der Waals surface area contributed by atoms with Gasteiger partial charge in [0.25, 0.3) is 0 Å². The summed E-state index contributed by atoms with van der Waals surface area (Å²) in [5.41, 5.74) is 11.5. The summed E-state index contributed by atoms with van der Waals surface area (Å²) in [5.74, 6) is 0. The van der Waals surface area contributed by atoms with Crippen molar-refractivity contribution in [1.82, 2.24) is 0 Å². The van der Waals surface area contributed by atoms with Crippen molar-refractivity contribution in [3.63, 3.8) is 0 Å². The molecule has 0 unspecified atom stereocenters. The van der Waals surface area contributed by atoms with Gasteiger partial charge in [0, 0.05) is 22.4 Å². The Kier molecular flexibility index (Phi) is 4.59. The van der Waals surface area contributed by atoms with Crippen LogP contribution in [0.3, 0.4) is 0 Å². The molecule has 178 valence electrons. The summed E-state index contributed by atoms with van der Waals surface area (Å²) in [4.78, 5) is 0. The molecule has 0 bridgehead atoms. The van der Waals surface area contributed by atoms with Crippen LogP contribution in [-0.2, 0) is 17.9 Å². The van der Waals surface area contributed by atoms with Gasteiger partial charge in [-0.3, -0.25) is 0 Å². The number of benzene rings is 3. The zero-order valence-corrected chi connectivity index (χ0v) is 22.4. The molecule has 2 nitrogen and oxygen atoms in total. The van der Waals surface area contributed by atoms with E-state index >= 15 is 0 Å². The highest BCUT2D eigenvalue weighted by Gasteiger charge is 2.38. The van der Waals surface area contributed by atoms with Crippen molar-refractivity contribution in [3.05, 3.63) is 76.5 Å². The second-order valence-corrected chi connectivity index (χ2v) is 12.2. The molecule has 0 atom stereocenters. The van der Waals surface area contributed by atoms with E-state index in [1.165, 1.54) is 73.5 Å². The molecule has 2 aromatic heterocycles. The lowest BCUT2D eigenvalue weighted by molar-refractivity contribution is -0.660. The number of furan rings is 1. The molecular formula is C33H36NO+. The van der Waals surface area contributed by atoms with Crippen LogP contribution >= 0.6 is 0 Å². The molecule has 0 aliphatic heterocycles. The zero-order chi connectivity index (χ0) is 24.9. The van der Waals surface area contributed by atoms with Crippen LogP contribution in [0.15, 0.2) is 53.1 Å². The fraction of sp³-hybridized carbons (Fsp3) is 0.364. The molecule has 0 N–H and O–H groups in total. The fourth-order valence-electron chi connectivity index (χ4n) is 6.38. The van der Waals surface area contributed by atoms with Crippen LogP contribution in [0.25, 0.3) is 44.0 Å². The van der Waals surface area contributed by atoms with Crippen LogP contribution in [0.2, 0.25) is 0 Å². The smallest absolute Gasteiger partial charge is 0.216 e. The number of fused-ring (bicyclic) bond motifs is 6. The SMILES string of the molecule is Cc1cc(-c2c(C)ccc3c2oc2cc4c5c(ccc4cc23)C(C)(C)CCC5(C)C)[n+](C)cc1C. The van der Waals surface area contributed by atoms with Gasteiger partial charge in [-0.25, -0.2) is 4.57 Å². The zero-order valence-electron chi connectivity index (χ0n) is 22.4. The van der Waals surface area contributed by atoms with E-state index in [0.717, 1.165) is 11.2 Å². The van der Waals surface area contributed by atoms with Crippen LogP contribution in [0.1, 0.15) is 68.4 Å². The van der Waals surface area contributed by atoms with Crippen molar-refractivity contribution in [2.45, 2.75) is 72.1 Å². The van der Waals surface area contributed by atoms with Gasteiger partial charge in [-0.2, -0.15) is 0 Å². The van der Waals surface area contributed by atoms with Crippen LogP contribution < -0.4 is 4.57 Å². The standard InChI is InChI=1S/C33H36NO/c1-19-9-11-23-25-16-22-10-12-26-30(33(6,7)14-13-32(26,4)5)24(22)17-28(25)35-31(23)29(19)27-15-20(2)21(3)18-34(27)8/h9-12,15-18H,13-14H2,1-8H3/q+1. The summed E-state index contributed by atoms with van der Waals surface area (Å²) in [6, 6.07) is 16.2. The van der Waals surface area contributed by atoms with Crippen molar-refractivity contribution in [1.29, 1.82) is 0 Å². The molecule has 1 aliphatic rings. The van der Waals surface area contributed by atoms with E-state index in [1.54, 1.807) is 0 Å². The molecule has 0 saturated carbocycles. The van der Waals surface area contributed by atoms with Gasteiger partial charge >= 0.3 is 0 Å². The molecule has 6 rings (SSSR count). The molecule has 5 aromatic rings. The second kappa shape index (κ2) is 7.20. The molecule has 35 heavy (non-hydrogen) atoms. The molecule has 0 fully saturated rings. The first-order chi connectivity index (χ1) is 16.5. The van der Waals surface area contributed by atoms with Gasteiger partial charge in [-0.15, -0.1) is 0 Å². The van der Waals surface area contributed by atoms with E-state index in [2.05, 4.69) is 109 Å². The molecule has 3 aromatic carbocycles. The van der Waals surface area contributed by atoms with Gasteiger partial charge in [0.1, 0.15) is 18.2 Å². The highest BCUT2D eigenvalue weighted by molar-refractivity contribution is 6.14. The minimum atomic E-state index is 0.152. The lowest BCUT2D eigenvalue weighted by Crippen LogP contribution is -2.34. The van der Waals surface area contributed by atoms with Crippen molar-refractivity contribution in [2.24, 2.45) is 7.05 Å². The first-order valence-electron chi connectivity index (χ1n) is 12.9. The summed E-state index contributed by atoms with van der Waals surface area (Å²) in [6.07, 6.45) is 4.65. The van der Waals surface area contributed by atoms with Crippen molar-refractivity contribution in [3.8, 4) is 11.3 Å². The Morgan fingerprint density at radius 3 is 2.26 bits per heavy atom. The van der Waals surface area contributed by atoms with Crippen molar-refractivity contribution in [2.75, 3.05) is 0 Å². The summed E-state index contributed by atoms with van der Waals surface area (Å²) in [7, 11) is 2.13. The van der Waals surface area contributed by atoms with Crippen LogP contribution in [0.5, 0.6) is 0 Å². The maximum atomic E-state index is 6.75. The molecule has 1 aliphatic carbocycles. The number of nitrogens with zero attached hydrogens (tertiary/aromatic N) is 1. The predicted molar refractivity (Wildman–Crippen MR) is 147 cm³/mol. The van der Waals surface area contributed by atoms with Crippen LogP contribution in [-0.4, -0.2) is 0 Å². The Labute approximate surface area is 208 Å². The van der Waals surface area contributed by atoms with Gasteiger partial charge < -0.3 is 4.42 Å². The third kappa shape index (κ3) is 3.19. The highest BCUT2D eigenvalue weighted by Crippen LogP contribution is 2.49. The summed E-state index contributed by atoms with van der Waals surface area (Å²) in [5, 5.41) is 5.05. The Bertz CT molecular complexity index is 1680. The third-order valence-corrected chi connectivity index (χ3v) is 8.77. The average Bonchev–Trinajstić information content (AvgIpc) is 3.15. The number of hydrogen-bond acceptors (Lipinski definition) is 1. The summed E-state index contributed by atoms with van der Waals surface area (Å²) < 4.78 is 8.98. The van der Waals surface area contributed by atoms with Gasteiger partial charge in [0.2, 0.25) is 5.69 Å². The number of hydrogen-bond donors (Lipinski definition) is 0. The van der Waals surface area contributed by atoms with Crippen LogP contribution in [0.4, 0.5) is 0 Å². The van der Waals surface area contributed by atoms with E-state index in [4.69, 9.17) is 4.42 Å². The molecule has 2 heterocycles. The topological polar surface area (TPSA) is 17.0 Å². The molecule has 0 radical (unpaired) electrons. The van der Waals surface area contributed by atoms with Gasteiger partial charge in [0.15, 0.2) is 6.20 Å². The number of aromatic nitrogens is 1. The highest BCUT2D eigenvalue weighted by atomic mass is 16.3. The van der Waals surface area contributed by atoms with E-state index in [1.807, 2.05) is 0 Å². The number of rotatable bonds is 1.